The van der Waals surface area contributed by atoms with Gasteiger partial charge in [0.2, 0.25) is 5.91 Å². The van der Waals surface area contributed by atoms with E-state index in [1.54, 1.807) is 0 Å². The molecule has 2 aliphatic rings. The van der Waals surface area contributed by atoms with Crippen LogP contribution in [0.3, 0.4) is 0 Å². The largest absolute Gasteiger partial charge is 0.355 e. The number of nitrogens with one attached hydrogen (secondary N) is 2. The van der Waals surface area contributed by atoms with Crippen molar-refractivity contribution in [2.45, 2.75) is 30.6 Å². The van der Waals surface area contributed by atoms with Gasteiger partial charge in [-0.05, 0) is 19.4 Å². The van der Waals surface area contributed by atoms with Crippen molar-refractivity contribution in [2.24, 2.45) is 0 Å². The number of rotatable bonds is 4. The quantitative estimate of drug-likeness (QED) is 0.825. The predicted octanol–water partition coefficient (Wildman–Crippen LogP) is 1.52. The van der Waals surface area contributed by atoms with Gasteiger partial charge in [0.15, 0.2) is 0 Å². The van der Waals surface area contributed by atoms with Gasteiger partial charge in [-0.1, -0.05) is 0 Å². The van der Waals surface area contributed by atoms with Crippen LogP contribution >= 0.6 is 35.9 Å². The molecule has 2 N–H and O–H groups in total. The molecule has 0 aliphatic carbocycles. The number of thioether (sulfide) groups is 2. The molecular formula is C11H21ClN2OS2. The lowest BCUT2D eigenvalue weighted by atomic mass is 10.1. The first-order valence-corrected chi connectivity index (χ1v) is 8.24. The van der Waals surface area contributed by atoms with Crippen molar-refractivity contribution >= 4 is 41.8 Å². The lowest BCUT2D eigenvalue weighted by Crippen LogP contribution is -2.36. The van der Waals surface area contributed by atoms with Crippen molar-refractivity contribution in [1.29, 1.82) is 0 Å². The highest BCUT2D eigenvalue weighted by molar-refractivity contribution is 8.06. The Morgan fingerprint density at radius 2 is 2.29 bits per heavy atom. The Balaban J connectivity index is 0.00000144. The van der Waals surface area contributed by atoms with Crippen molar-refractivity contribution < 1.29 is 4.79 Å². The standard InChI is InChI=1S/C11H20N2OS2.ClH/c14-11(6-9-2-1-3-12-9)13-7-10-8-15-4-5-16-10;/h9-10,12H,1-8H2,(H,13,14);1H. The molecule has 17 heavy (non-hydrogen) atoms. The lowest BCUT2D eigenvalue weighted by molar-refractivity contribution is -0.121. The zero-order valence-corrected chi connectivity index (χ0v) is 12.4. The van der Waals surface area contributed by atoms with E-state index in [1.165, 1.54) is 23.7 Å². The maximum atomic E-state index is 11.7. The van der Waals surface area contributed by atoms with Gasteiger partial charge in [-0.25, -0.2) is 0 Å². The smallest absolute Gasteiger partial charge is 0.221 e. The number of halogens is 1. The van der Waals surface area contributed by atoms with Crippen LogP contribution in [0.5, 0.6) is 0 Å². The highest BCUT2D eigenvalue weighted by atomic mass is 35.5. The van der Waals surface area contributed by atoms with E-state index in [0.717, 1.165) is 19.5 Å². The summed E-state index contributed by atoms with van der Waals surface area (Å²) in [5, 5.41) is 7.05. The SMILES string of the molecule is Cl.O=C(CC1CCCN1)NCC1CSCCS1. The van der Waals surface area contributed by atoms with Crippen LogP contribution in [0.1, 0.15) is 19.3 Å². The van der Waals surface area contributed by atoms with E-state index in [1.807, 2.05) is 23.5 Å². The summed E-state index contributed by atoms with van der Waals surface area (Å²) in [5.41, 5.74) is 0. The molecule has 2 saturated heterocycles. The minimum Gasteiger partial charge on any atom is -0.355 e. The molecule has 0 aromatic rings. The van der Waals surface area contributed by atoms with E-state index >= 15 is 0 Å². The van der Waals surface area contributed by atoms with Crippen molar-refractivity contribution in [3.8, 4) is 0 Å². The van der Waals surface area contributed by atoms with Gasteiger partial charge in [0.05, 0.1) is 0 Å². The molecule has 2 aliphatic heterocycles. The van der Waals surface area contributed by atoms with Crippen LogP contribution in [0.2, 0.25) is 0 Å². The van der Waals surface area contributed by atoms with Crippen LogP contribution < -0.4 is 10.6 Å². The average Bonchev–Trinajstić information content (AvgIpc) is 2.81. The van der Waals surface area contributed by atoms with Crippen LogP contribution in [0.25, 0.3) is 0 Å². The Labute approximate surface area is 118 Å². The van der Waals surface area contributed by atoms with E-state index in [9.17, 15) is 4.79 Å². The van der Waals surface area contributed by atoms with Gasteiger partial charge < -0.3 is 10.6 Å². The van der Waals surface area contributed by atoms with Gasteiger partial charge in [-0.2, -0.15) is 23.5 Å². The fourth-order valence-electron chi connectivity index (χ4n) is 2.11. The third-order valence-electron chi connectivity index (χ3n) is 3.01. The normalized spacial score (nSPS) is 28.5. The summed E-state index contributed by atoms with van der Waals surface area (Å²) in [4.78, 5) is 11.7. The van der Waals surface area contributed by atoms with Crippen LogP contribution in [0, 0.1) is 0 Å². The Morgan fingerprint density at radius 3 is 2.94 bits per heavy atom. The van der Waals surface area contributed by atoms with E-state index in [-0.39, 0.29) is 18.3 Å². The molecule has 2 heterocycles. The number of carbonyl (C=O) groups excluding carboxylic acids is 1. The Kier molecular flexibility index (Phi) is 7.75. The van der Waals surface area contributed by atoms with Crippen LogP contribution in [-0.4, -0.2) is 47.5 Å². The second-order valence-corrected chi connectivity index (χ2v) is 6.93. The summed E-state index contributed by atoms with van der Waals surface area (Å²) in [6.45, 7) is 1.93. The van der Waals surface area contributed by atoms with E-state index in [4.69, 9.17) is 0 Å². The molecule has 0 spiro atoms. The number of hydrogen-bond acceptors (Lipinski definition) is 4. The molecule has 1 amide bonds. The molecule has 0 saturated carbocycles. The Morgan fingerprint density at radius 1 is 1.41 bits per heavy atom. The van der Waals surface area contributed by atoms with Crippen molar-refractivity contribution in [2.75, 3.05) is 30.3 Å². The molecule has 2 fully saturated rings. The Hall–Kier alpha value is 0.420. The zero-order chi connectivity index (χ0) is 11.2. The third kappa shape index (κ3) is 5.73. The molecule has 0 aromatic carbocycles. The first-order valence-electron chi connectivity index (χ1n) is 6.04. The van der Waals surface area contributed by atoms with Gasteiger partial charge in [-0.15, -0.1) is 12.4 Å². The topological polar surface area (TPSA) is 41.1 Å². The van der Waals surface area contributed by atoms with Crippen LogP contribution in [0.4, 0.5) is 0 Å². The molecule has 0 bridgehead atoms. The second kappa shape index (κ2) is 8.51. The lowest BCUT2D eigenvalue weighted by Gasteiger charge is -2.21. The maximum Gasteiger partial charge on any atom is 0.221 e. The molecule has 0 radical (unpaired) electrons. The fraction of sp³-hybridized carbons (Fsp3) is 0.909. The summed E-state index contributed by atoms with van der Waals surface area (Å²) in [7, 11) is 0. The molecule has 6 heteroatoms. The highest BCUT2D eigenvalue weighted by Crippen LogP contribution is 2.23. The van der Waals surface area contributed by atoms with Gasteiger partial charge >= 0.3 is 0 Å². The third-order valence-corrected chi connectivity index (χ3v) is 5.85. The van der Waals surface area contributed by atoms with Crippen LogP contribution in [-0.2, 0) is 4.79 Å². The summed E-state index contributed by atoms with van der Waals surface area (Å²) in [6, 6.07) is 0.424. The average molecular weight is 297 g/mol. The number of amides is 1. The van der Waals surface area contributed by atoms with Crippen LogP contribution in [0.15, 0.2) is 0 Å². The van der Waals surface area contributed by atoms with E-state index in [2.05, 4.69) is 10.6 Å². The van der Waals surface area contributed by atoms with Gasteiger partial charge in [-0.3, -0.25) is 4.79 Å². The predicted molar refractivity (Wildman–Crippen MR) is 79.5 cm³/mol. The molecule has 3 nitrogen and oxygen atoms in total. The minimum atomic E-state index is 0. The minimum absolute atomic E-state index is 0. The first kappa shape index (κ1) is 15.5. The molecule has 0 aromatic heterocycles. The van der Waals surface area contributed by atoms with Crippen molar-refractivity contribution in [3.63, 3.8) is 0 Å². The first-order chi connectivity index (χ1) is 7.84. The molecule has 2 unspecified atom stereocenters. The monoisotopic (exact) mass is 296 g/mol. The number of hydrogen-bond donors (Lipinski definition) is 2. The summed E-state index contributed by atoms with van der Waals surface area (Å²) in [6.07, 6.45) is 3.03. The summed E-state index contributed by atoms with van der Waals surface area (Å²) < 4.78 is 0. The van der Waals surface area contributed by atoms with E-state index < -0.39 is 0 Å². The highest BCUT2D eigenvalue weighted by Gasteiger charge is 2.19. The number of carbonyl (C=O) groups is 1. The second-order valence-electron chi connectivity index (χ2n) is 4.37. The molecule has 2 atom stereocenters. The summed E-state index contributed by atoms with van der Waals surface area (Å²) >= 11 is 4.00. The molecule has 100 valence electrons. The van der Waals surface area contributed by atoms with Gasteiger partial charge in [0, 0.05) is 41.5 Å². The molecular weight excluding hydrogens is 276 g/mol. The zero-order valence-electron chi connectivity index (χ0n) is 9.94. The summed E-state index contributed by atoms with van der Waals surface area (Å²) in [5.74, 6) is 3.90. The molecule has 2 rings (SSSR count). The van der Waals surface area contributed by atoms with Crippen molar-refractivity contribution in [1.82, 2.24) is 10.6 Å². The fourth-order valence-corrected chi connectivity index (χ4v) is 4.72. The Bertz CT molecular complexity index is 232. The van der Waals surface area contributed by atoms with Gasteiger partial charge in [0.1, 0.15) is 0 Å². The van der Waals surface area contributed by atoms with Crippen molar-refractivity contribution in [3.05, 3.63) is 0 Å². The van der Waals surface area contributed by atoms with E-state index in [0.29, 0.717) is 17.7 Å². The van der Waals surface area contributed by atoms with Gasteiger partial charge in [0.25, 0.3) is 0 Å². The maximum absolute atomic E-state index is 11.7.